The van der Waals surface area contributed by atoms with E-state index in [2.05, 4.69) is 61.1 Å². The average Bonchev–Trinajstić information content (AvgIpc) is 3.58. The van der Waals surface area contributed by atoms with Gasteiger partial charge < -0.3 is 15.0 Å². The van der Waals surface area contributed by atoms with E-state index >= 15 is 0 Å². The molecule has 1 aromatic carbocycles. The summed E-state index contributed by atoms with van der Waals surface area (Å²) in [7, 11) is 4.26. The number of aliphatic carboxylic acids is 1. The number of piperidine rings is 1. The molecule has 4 atom stereocenters. The summed E-state index contributed by atoms with van der Waals surface area (Å²) in [4.78, 5) is 27.7. The van der Waals surface area contributed by atoms with Crippen molar-refractivity contribution in [2.75, 3.05) is 25.6 Å². The van der Waals surface area contributed by atoms with Crippen molar-refractivity contribution in [2.24, 2.45) is 17.3 Å². The Bertz CT molecular complexity index is 941. The van der Waals surface area contributed by atoms with Gasteiger partial charge in [0.05, 0.1) is 17.6 Å². The number of likely N-dealkylation sites (tertiary alicyclic amines) is 1. The Morgan fingerprint density at radius 2 is 1.82 bits per heavy atom. The number of amides is 1. The van der Waals surface area contributed by atoms with Crippen LogP contribution in [0.3, 0.4) is 0 Å². The van der Waals surface area contributed by atoms with Crippen LogP contribution in [-0.2, 0) is 9.59 Å². The van der Waals surface area contributed by atoms with Crippen LogP contribution in [0.25, 0.3) is 0 Å². The van der Waals surface area contributed by atoms with Crippen LogP contribution in [0, 0.1) is 17.3 Å². The lowest BCUT2D eigenvalue weighted by atomic mass is 9.70. The lowest BCUT2D eigenvalue weighted by Gasteiger charge is -2.47. The third-order valence-corrected chi connectivity index (χ3v) is 8.95. The zero-order chi connectivity index (χ0) is 23.5. The summed E-state index contributed by atoms with van der Waals surface area (Å²) in [6.07, 6.45) is 7.45. The molecule has 1 aromatic rings. The third-order valence-electron chi connectivity index (χ3n) is 8.95. The maximum atomic E-state index is 13.8. The lowest BCUT2D eigenvalue weighted by molar-refractivity contribution is -0.153. The van der Waals surface area contributed by atoms with E-state index in [0.29, 0.717) is 12.3 Å². The van der Waals surface area contributed by atoms with E-state index in [4.69, 9.17) is 0 Å². The molecule has 4 unspecified atom stereocenters. The third kappa shape index (κ3) is 3.84. The van der Waals surface area contributed by atoms with Gasteiger partial charge >= 0.3 is 5.97 Å². The summed E-state index contributed by atoms with van der Waals surface area (Å²) in [6.45, 7) is 5.24. The molecular weight excluding hydrogens is 414 g/mol. The second-order valence-electron chi connectivity index (χ2n) is 11.6. The number of carboxylic acids is 1. The fourth-order valence-electron chi connectivity index (χ4n) is 7.22. The van der Waals surface area contributed by atoms with Crippen LogP contribution in [0.2, 0.25) is 0 Å². The van der Waals surface area contributed by atoms with Crippen LogP contribution >= 0.6 is 0 Å². The monoisotopic (exact) mass is 453 g/mol. The van der Waals surface area contributed by atoms with Crippen molar-refractivity contribution < 1.29 is 14.7 Å². The number of hydrogen-bond acceptors (Lipinski definition) is 4. The van der Waals surface area contributed by atoms with Gasteiger partial charge in [0.2, 0.25) is 5.91 Å². The molecule has 6 heteroatoms. The number of rotatable bonds is 5. The standard InChI is InChI=1S/C27H39N3O3/c1-27(2,25-24-18(17-13-14-17)8-5-12-22(24)28(3)29(25)4)16-23(31)30-15-7-10-19-20(26(32)33)9-6-11-21(19)30/h5,8,12,17,19-21,25H,6-7,9-11,13-16H2,1-4H3,(H,32,33). The topological polar surface area (TPSA) is 64.1 Å². The highest BCUT2D eigenvalue weighted by Gasteiger charge is 2.48. The number of hydrazine groups is 1. The van der Waals surface area contributed by atoms with Crippen LogP contribution in [0.15, 0.2) is 18.2 Å². The number of carboxylic acid groups (broad SMARTS) is 1. The molecule has 5 rings (SSSR count). The quantitative estimate of drug-likeness (QED) is 0.693. The van der Waals surface area contributed by atoms with Crippen LogP contribution in [0.4, 0.5) is 5.69 Å². The number of carbonyl (C=O) groups is 2. The molecule has 0 spiro atoms. The Hall–Kier alpha value is -2.08. The molecule has 0 aromatic heterocycles. The van der Waals surface area contributed by atoms with Crippen molar-refractivity contribution in [1.29, 1.82) is 0 Å². The first kappa shape index (κ1) is 22.7. The molecule has 2 aliphatic carbocycles. The Morgan fingerprint density at radius 1 is 1.06 bits per heavy atom. The fourth-order valence-corrected chi connectivity index (χ4v) is 7.22. The SMILES string of the molecule is CN1c2cccc(C3CC3)c2C(C(C)(C)CC(=O)N2CCCC3C(C(=O)O)CCCC32)N1C. The number of hydrogen-bond donors (Lipinski definition) is 1. The largest absolute Gasteiger partial charge is 0.481 e. The fraction of sp³-hybridized carbons (Fsp3) is 0.704. The van der Waals surface area contributed by atoms with Gasteiger partial charge in [0.1, 0.15) is 0 Å². The van der Waals surface area contributed by atoms with Crippen molar-refractivity contribution in [1.82, 2.24) is 9.91 Å². The molecule has 4 aliphatic rings. The highest BCUT2D eigenvalue weighted by Crippen LogP contribution is 2.55. The van der Waals surface area contributed by atoms with E-state index < -0.39 is 5.97 Å². The first-order valence-corrected chi connectivity index (χ1v) is 12.8. The average molecular weight is 454 g/mol. The van der Waals surface area contributed by atoms with E-state index in [0.717, 1.165) is 38.6 Å². The number of fused-ring (bicyclic) bond motifs is 2. The second-order valence-corrected chi connectivity index (χ2v) is 11.6. The smallest absolute Gasteiger partial charge is 0.306 e. The number of anilines is 1. The number of benzene rings is 1. The molecule has 1 saturated heterocycles. The molecule has 33 heavy (non-hydrogen) atoms. The van der Waals surface area contributed by atoms with E-state index in [1.165, 1.54) is 29.7 Å². The summed E-state index contributed by atoms with van der Waals surface area (Å²) in [6, 6.07) is 6.91. The number of carbonyl (C=O) groups excluding carboxylic acids is 1. The van der Waals surface area contributed by atoms with Gasteiger partial charge in [0.15, 0.2) is 0 Å². The molecule has 0 radical (unpaired) electrons. The predicted octanol–water partition coefficient (Wildman–Crippen LogP) is 4.81. The van der Waals surface area contributed by atoms with Gasteiger partial charge in [-0.25, -0.2) is 5.01 Å². The van der Waals surface area contributed by atoms with Gasteiger partial charge in [-0.2, -0.15) is 0 Å². The minimum atomic E-state index is -0.681. The molecule has 0 bridgehead atoms. The van der Waals surface area contributed by atoms with E-state index in [1.54, 1.807) is 0 Å². The normalized spacial score (nSPS) is 30.2. The van der Waals surface area contributed by atoms with Gasteiger partial charge in [0.25, 0.3) is 0 Å². The first-order chi connectivity index (χ1) is 15.7. The molecule has 180 valence electrons. The molecule has 3 fully saturated rings. The summed E-state index contributed by atoms with van der Waals surface area (Å²) < 4.78 is 0. The highest BCUT2D eigenvalue weighted by molar-refractivity contribution is 5.78. The van der Waals surface area contributed by atoms with E-state index in [1.807, 2.05) is 0 Å². The summed E-state index contributed by atoms with van der Waals surface area (Å²) in [5.74, 6) is -0.00491. The van der Waals surface area contributed by atoms with Gasteiger partial charge in [0, 0.05) is 33.1 Å². The maximum Gasteiger partial charge on any atom is 0.306 e. The number of nitrogens with zero attached hydrogens (tertiary/aromatic N) is 3. The Labute approximate surface area is 197 Å². The van der Waals surface area contributed by atoms with Crippen molar-refractivity contribution in [3.8, 4) is 0 Å². The van der Waals surface area contributed by atoms with Gasteiger partial charge in [-0.1, -0.05) is 32.4 Å². The van der Waals surface area contributed by atoms with Crippen molar-refractivity contribution in [2.45, 2.75) is 83.2 Å². The van der Waals surface area contributed by atoms with Crippen molar-refractivity contribution in [3.63, 3.8) is 0 Å². The summed E-state index contributed by atoms with van der Waals surface area (Å²) in [5.41, 5.74) is 3.89. The van der Waals surface area contributed by atoms with Crippen molar-refractivity contribution >= 4 is 17.6 Å². The zero-order valence-electron chi connectivity index (χ0n) is 20.6. The van der Waals surface area contributed by atoms with Gasteiger partial charge in [-0.15, -0.1) is 0 Å². The zero-order valence-corrected chi connectivity index (χ0v) is 20.6. The van der Waals surface area contributed by atoms with Crippen LogP contribution in [0.5, 0.6) is 0 Å². The first-order valence-electron chi connectivity index (χ1n) is 12.8. The Morgan fingerprint density at radius 3 is 2.52 bits per heavy atom. The molecular formula is C27H39N3O3. The maximum absolute atomic E-state index is 13.8. The van der Waals surface area contributed by atoms with Crippen LogP contribution in [0.1, 0.15) is 88.3 Å². The minimum Gasteiger partial charge on any atom is -0.481 e. The molecule has 2 saturated carbocycles. The predicted molar refractivity (Wildman–Crippen MR) is 129 cm³/mol. The molecule has 2 aliphatic heterocycles. The van der Waals surface area contributed by atoms with Gasteiger partial charge in [-0.05, 0) is 73.0 Å². The lowest BCUT2D eigenvalue weighted by Crippen LogP contribution is -2.54. The summed E-state index contributed by atoms with van der Waals surface area (Å²) in [5, 5.41) is 14.3. The van der Waals surface area contributed by atoms with E-state index in [9.17, 15) is 14.7 Å². The Balaban J connectivity index is 1.40. The Kier molecular flexibility index (Phi) is 5.71. The second kappa shape index (κ2) is 8.30. The molecule has 1 amide bonds. The van der Waals surface area contributed by atoms with Crippen molar-refractivity contribution in [3.05, 3.63) is 29.3 Å². The molecule has 2 heterocycles. The summed E-state index contributed by atoms with van der Waals surface area (Å²) >= 11 is 0. The van der Waals surface area contributed by atoms with Gasteiger partial charge in [-0.3, -0.25) is 9.59 Å². The van der Waals surface area contributed by atoms with E-state index in [-0.39, 0.29) is 35.2 Å². The van der Waals surface area contributed by atoms with Crippen LogP contribution in [-0.4, -0.2) is 53.6 Å². The molecule has 1 N–H and O–H groups in total. The minimum absolute atomic E-state index is 0.0928. The van der Waals surface area contributed by atoms with Crippen LogP contribution < -0.4 is 5.01 Å². The molecule has 6 nitrogen and oxygen atoms in total. The highest BCUT2D eigenvalue weighted by atomic mass is 16.4.